The van der Waals surface area contributed by atoms with Crippen LogP contribution in [0.5, 0.6) is 0 Å². The molecule has 21 heavy (non-hydrogen) atoms. The molecule has 0 heterocycles. The molecule has 116 valence electrons. The Morgan fingerprint density at radius 1 is 1.14 bits per heavy atom. The van der Waals surface area contributed by atoms with Crippen LogP contribution in [0.1, 0.15) is 45.7 Å². The number of carbonyl (C=O) groups excluding carboxylic acids is 1. The summed E-state index contributed by atoms with van der Waals surface area (Å²) in [5.41, 5.74) is 2.17. The van der Waals surface area contributed by atoms with Crippen LogP contribution in [0, 0.1) is 5.92 Å². The second-order valence-electron chi connectivity index (χ2n) is 6.71. The van der Waals surface area contributed by atoms with Gasteiger partial charge in [0.2, 0.25) is 5.91 Å². The van der Waals surface area contributed by atoms with Crippen molar-refractivity contribution in [2.45, 2.75) is 52.5 Å². The minimum absolute atomic E-state index is 0.0661. The molecule has 2 N–H and O–H groups in total. The molecule has 0 radical (unpaired) electrons. The van der Waals surface area contributed by atoms with Crippen LogP contribution >= 0.6 is 0 Å². The number of carboxylic acids is 1. The van der Waals surface area contributed by atoms with E-state index in [-0.39, 0.29) is 23.7 Å². The number of carboxylic acid groups (broad SMARTS) is 1. The summed E-state index contributed by atoms with van der Waals surface area (Å²) >= 11 is 0. The summed E-state index contributed by atoms with van der Waals surface area (Å²) in [6.45, 7) is 9.87. The normalized spacial score (nSPS) is 13.0. The average molecular weight is 291 g/mol. The van der Waals surface area contributed by atoms with Gasteiger partial charge in [-0.25, -0.2) is 4.79 Å². The lowest BCUT2D eigenvalue weighted by Crippen LogP contribution is -2.44. The molecule has 0 aliphatic rings. The van der Waals surface area contributed by atoms with Gasteiger partial charge < -0.3 is 10.4 Å². The van der Waals surface area contributed by atoms with Crippen molar-refractivity contribution in [3.8, 4) is 0 Å². The van der Waals surface area contributed by atoms with Crippen molar-refractivity contribution in [2.24, 2.45) is 5.92 Å². The van der Waals surface area contributed by atoms with E-state index >= 15 is 0 Å². The van der Waals surface area contributed by atoms with Crippen LogP contribution in [0.3, 0.4) is 0 Å². The van der Waals surface area contributed by atoms with E-state index in [1.807, 2.05) is 24.3 Å². The fourth-order valence-corrected chi connectivity index (χ4v) is 1.91. The van der Waals surface area contributed by atoms with Crippen LogP contribution in [0.4, 0.5) is 0 Å². The van der Waals surface area contributed by atoms with Gasteiger partial charge in [0.25, 0.3) is 0 Å². The number of benzene rings is 1. The molecule has 1 atom stereocenters. The Bertz CT molecular complexity index is 498. The van der Waals surface area contributed by atoms with Gasteiger partial charge >= 0.3 is 5.97 Å². The van der Waals surface area contributed by atoms with Gasteiger partial charge in [0.05, 0.1) is 0 Å². The molecule has 0 aromatic heterocycles. The van der Waals surface area contributed by atoms with Crippen molar-refractivity contribution in [1.29, 1.82) is 0 Å². The zero-order valence-electron chi connectivity index (χ0n) is 13.4. The largest absolute Gasteiger partial charge is 0.480 e. The Kier molecular flexibility index (Phi) is 5.53. The van der Waals surface area contributed by atoms with Crippen molar-refractivity contribution in [1.82, 2.24) is 5.32 Å². The maximum Gasteiger partial charge on any atom is 0.326 e. The number of hydrogen-bond donors (Lipinski definition) is 2. The fraction of sp³-hybridized carbons (Fsp3) is 0.529. The van der Waals surface area contributed by atoms with Crippen LogP contribution in [-0.2, 0) is 21.4 Å². The quantitative estimate of drug-likeness (QED) is 0.876. The Morgan fingerprint density at radius 2 is 1.67 bits per heavy atom. The molecule has 0 aliphatic heterocycles. The van der Waals surface area contributed by atoms with E-state index in [1.165, 1.54) is 5.56 Å². The lowest BCUT2D eigenvalue weighted by Gasteiger charge is -2.20. The predicted molar refractivity (Wildman–Crippen MR) is 83.3 cm³/mol. The summed E-state index contributed by atoms with van der Waals surface area (Å²) < 4.78 is 0. The van der Waals surface area contributed by atoms with E-state index < -0.39 is 12.0 Å². The van der Waals surface area contributed by atoms with Gasteiger partial charge in [0.15, 0.2) is 0 Å². The second kappa shape index (κ2) is 6.74. The molecule has 0 unspecified atom stereocenters. The van der Waals surface area contributed by atoms with Gasteiger partial charge in [-0.2, -0.15) is 0 Å². The van der Waals surface area contributed by atoms with Gasteiger partial charge in [-0.15, -0.1) is 0 Å². The van der Waals surface area contributed by atoms with E-state index in [0.717, 1.165) is 5.56 Å². The third-order valence-electron chi connectivity index (χ3n) is 3.40. The Labute approximate surface area is 126 Å². The molecule has 0 spiro atoms. The molecule has 1 aromatic carbocycles. The third-order valence-corrected chi connectivity index (χ3v) is 3.40. The van der Waals surface area contributed by atoms with Crippen LogP contribution in [0.15, 0.2) is 24.3 Å². The molecule has 0 bridgehead atoms. The molecule has 0 fully saturated rings. The molecule has 1 aromatic rings. The standard InChI is InChI=1S/C17H25NO3/c1-11(2)15(19)18-14(16(20)21)10-12-6-8-13(9-7-12)17(3,4)5/h6-9,11,14H,10H2,1-5H3,(H,18,19)(H,20,21)/t14-/m1/s1. The lowest BCUT2D eigenvalue weighted by molar-refractivity contribution is -0.142. The molecule has 4 heteroatoms. The van der Waals surface area contributed by atoms with Crippen LogP contribution < -0.4 is 5.32 Å². The highest BCUT2D eigenvalue weighted by Crippen LogP contribution is 2.22. The zero-order chi connectivity index (χ0) is 16.2. The highest BCUT2D eigenvalue weighted by Gasteiger charge is 2.22. The van der Waals surface area contributed by atoms with Gasteiger partial charge in [0, 0.05) is 12.3 Å². The Hall–Kier alpha value is -1.84. The average Bonchev–Trinajstić information content (AvgIpc) is 2.37. The first-order valence-corrected chi connectivity index (χ1v) is 7.24. The first-order valence-electron chi connectivity index (χ1n) is 7.24. The zero-order valence-corrected chi connectivity index (χ0v) is 13.4. The van der Waals surface area contributed by atoms with Gasteiger partial charge in [0.1, 0.15) is 6.04 Å². The van der Waals surface area contributed by atoms with E-state index in [0.29, 0.717) is 0 Å². The Morgan fingerprint density at radius 3 is 2.05 bits per heavy atom. The first-order chi connectivity index (χ1) is 9.61. The summed E-state index contributed by atoms with van der Waals surface area (Å²) in [6, 6.07) is 6.99. The molecule has 0 saturated carbocycles. The SMILES string of the molecule is CC(C)C(=O)N[C@H](Cc1ccc(C(C)(C)C)cc1)C(=O)O. The smallest absolute Gasteiger partial charge is 0.326 e. The maximum atomic E-state index is 11.7. The second-order valence-corrected chi connectivity index (χ2v) is 6.71. The molecule has 0 saturated heterocycles. The number of carbonyl (C=O) groups is 2. The lowest BCUT2D eigenvalue weighted by atomic mass is 9.86. The number of amides is 1. The number of rotatable bonds is 5. The number of aliphatic carboxylic acids is 1. The summed E-state index contributed by atoms with van der Waals surface area (Å²) in [7, 11) is 0. The minimum atomic E-state index is -1.01. The highest BCUT2D eigenvalue weighted by molar-refractivity contribution is 5.84. The first kappa shape index (κ1) is 17.2. The van der Waals surface area contributed by atoms with Crippen LogP contribution in [-0.4, -0.2) is 23.0 Å². The molecule has 4 nitrogen and oxygen atoms in total. The minimum Gasteiger partial charge on any atom is -0.480 e. The summed E-state index contributed by atoms with van der Waals surface area (Å²) in [5, 5.41) is 11.8. The van der Waals surface area contributed by atoms with Gasteiger partial charge in [-0.3, -0.25) is 4.79 Å². The maximum absolute atomic E-state index is 11.7. The van der Waals surface area contributed by atoms with Gasteiger partial charge in [-0.05, 0) is 16.5 Å². The van der Waals surface area contributed by atoms with E-state index in [1.54, 1.807) is 13.8 Å². The Balaban J connectivity index is 2.81. The molecule has 0 aliphatic carbocycles. The van der Waals surface area contributed by atoms with Crippen LogP contribution in [0.2, 0.25) is 0 Å². The molecular weight excluding hydrogens is 266 g/mol. The van der Waals surface area contributed by atoms with E-state index in [9.17, 15) is 14.7 Å². The van der Waals surface area contributed by atoms with Crippen molar-refractivity contribution in [3.05, 3.63) is 35.4 Å². The van der Waals surface area contributed by atoms with E-state index in [4.69, 9.17) is 0 Å². The molecule has 1 amide bonds. The molecule has 1 rings (SSSR count). The summed E-state index contributed by atoms with van der Waals surface area (Å²) in [4.78, 5) is 22.9. The van der Waals surface area contributed by atoms with Gasteiger partial charge in [-0.1, -0.05) is 58.9 Å². The predicted octanol–water partition coefficient (Wildman–Crippen LogP) is 2.75. The number of hydrogen-bond acceptors (Lipinski definition) is 2. The number of nitrogens with one attached hydrogen (secondary N) is 1. The van der Waals surface area contributed by atoms with E-state index in [2.05, 4.69) is 26.1 Å². The monoisotopic (exact) mass is 291 g/mol. The topological polar surface area (TPSA) is 66.4 Å². The molecular formula is C17H25NO3. The summed E-state index contributed by atoms with van der Waals surface area (Å²) in [6.07, 6.45) is 0.290. The fourth-order valence-electron chi connectivity index (χ4n) is 1.91. The van der Waals surface area contributed by atoms with Crippen molar-refractivity contribution >= 4 is 11.9 Å². The van der Waals surface area contributed by atoms with Crippen molar-refractivity contribution < 1.29 is 14.7 Å². The highest BCUT2D eigenvalue weighted by atomic mass is 16.4. The third kappa shape index (κ3) is 5.21. The van der Waals surface area contributed by atoms with Crippen LogP contribution in [0.25, 0.3) is 0 Å². The summed E-state index contributed by atoms with van der Waals surface area (Å²) in [5.74, 6) is -1.48. The van der Waals surface area contributed by atoms with Crippen molar-refractivity contribution in [3.63, 3.8) is 0 Å². The van der Waals surface area contributed by atoms with Crippen molar-refractivity contribution in [2.75, 3.05) is 0 Å².